The minimum Gasteiger partial charge on any atom is -0.207 e. The van der Waals surface area contributed by atoms with Gasteiger partial charge in [-0.2, -0.15) is 0 Å². The second-order valence-electron chi connectivity index (χ2n) is 4.80. The van der Waals surface area contributed by atoms with E-state index in [1.54, 1.807) is 0 Å². The molecule has 2 rings (SSSR count). The van der Waals surface area contributed by atoms with E-state index in [0.717, 1.165) is 5.56 Å². The molecular weight excluding hydrogens is 218 g/mol. The Morgan fingerprint density at radius 2 is 1.71 bits per heavy atom. The molecule has 0 spiro atoms. The average molecular weight is 236 g/mol. The molecule has 0 nitrogen and oxygen atoms in total. The summed E-state index contributed by atoms with van der Waals surface area (Å²) in [5.74, 6) is -2.12. The molecule has 92 valence electrons. The zero-order valence-electron chi connectivity index (χ0n) is 10.1. The van der Waals surface area contributed by atoms with Crippen molar-refractivity contribution >= 4 is 6.08 Å². The first kappa shape index (κ1) is 12.3. The number of hydrogen-bond acceptors (Lipinski definition) is 0. The monoisotopic (exact) mass is 236 g/mol. The number of alkyl halides is 2. The largest absolute Gasteiger partial charge is 0.248 e. The van der Waals surface area contributed by atoms with Gasteiger partial charge in [0, 0.05) is 12.8 Å². The molecule has 0 atom stereocenters. The van der Waals surface area contributed by atoms with Crippen molar-refractivity contribution in [2.45, 2.75) is 44.4 Å². The molecule has 0 saturated heterocycles. The number of allylic oxidation sites excluding steroid dienone is 1. The van der Waals surface area contributed by atoms with Gasteiger partial charge >= 0.3 is 0 Å². The highest BCUT2D eigenvalue weighted by Crippen LogP contribution is 2.40. The van der Waals surface area contributed by atoms with Crippen LogP contribution in [0.2, 0.25) is 0 Å². The predicted molar refractivity (Wildman–Crippen MR) is 67.3 cm³/mol. The van der Waals surface area contributed by atoms with Gasteiger partial charge in [-0.3, -0.25) is 0 Å². The van der Waals surface area contributed by atoms with E-state index in [9.17, 15) is 8.78 Å². The summed E-state index contributed by atoms with van der Waals surface area (Å²) in [5, 5.41) is 0. The lowest BCUT2D eigenvalue weighted by atomic mass is 9.82. The summed E-state index contributed by atoms with van der Waals surface area (Å²) >= 11 is 0. The van der Waals surface area contributed by atoms with Crippen LogP contribution in [0.15, 0.2) is 30.3 Å². The van der Waals surface area contributed by atoms with Crippen LogP contribution in [-0.4, -0.2) is 5.92 Å². The van der Waals surface area contributed by atoms with Gasteiger partial charge in [-0.25, -0.2) is 8.78 Å². The summed E-state index contributed by atoms with van der Waals surface area (Å²) in [4.78, 5) is 0. The minimum absolute atomic E-state index is 0.0360. The molecule has 0 radical (unpaired) electrons. The molecule has 0 aromatic heterocycles. The summed E-state index contributed by atoms with van der Waals surface area (Å²) in [6.45, 7) is 1.98. The number of hydrogen-bond donors (Lipinski definition) is 0. The summed E-state index contributed by atoms with van der Waals surface area (Å²) in [6.07, 6.45) is 5.32. The first-order chi connectivity index (χ1) is 8.11. The van der Waals surface area contributed by atoms with Crippen molar-refractivity contribution in [2.75, 3.05) is 0 Å². The van der Waals surface area contributed by atoms with Crippen LogP contribution in [0.5, 0.6) is 0 Å². The number of benzene rings is 1. The Bertz CT molecular complexity index is 380. The first-order valence-corrected chi connectivity index (χ1v) is 6.21. The summed E-state index contributed by atoms with van der Waals surface area (Å²) in [6, 6.07) is 8.26. The zero-order chi connectivity index (χ0) is 12.3. The van der Waals surface area contributed by atoms with Crippen LogP contribution in [0.3, 0.4) is 0 Å². The van der Waals surface area contributed by atoms with E-state index in [0.29, 0.717) is 18.8 Å². The second kappa shape index (κ2) is 4.99. The van der Waals surface area contributed by atoms with E-state index in [1.165, 1.54) is 5.56 Å². The maximum absolute atomic E-state index is 13.0. The maximum Gasteiger partial charge on any atom is 0.248 e. The highest BCUT2D eigenvalue weighted by atomic mass is 19.3. The van der Waals surface area contributed by atoms with Crippen LogP contribution in [0.1, 0.15) is 49.7 Å². The van der Waals surface area contributed by atoms with E-state index >= 15 is 0 Å². The van der Waals surface area contributed by atoms with Crippen molar-refractivity contribution in [1.82, 2.24) is 0 Å². The van der Waals surface area contributed by atoms with Crippen molar-refractivity contribution in [3.63, 3.8) is 0 Å². The van der Waals surface area contributed by atoms with Gasteiger partial charge in [-0.1, -0.05) is 36.4 Å². The highest BCUT2D eigenvalue weighted by molar-refractivity contribution is 5.49. The van der Waals surface area contributed by atoms with E-state index in [1.807, 2.05) is 19.1 Å². The van der Waals surface area contributed by atoms with Crippen molar-refractivity contribution in [1.29, 1.82) is 0 Å². The Morgan fingerprint density at radius 1 is 1.12 bits per heavy atom. The van der Waals surface area contributed by atoms with Crippen LogP contribution in [0, 0.1) is 0 Å². The lowest BCUT2D eigenvalue weighted by Crippen LogP contribution is -2.23. The Hall–Kier alpha value is -1.18. The van der Waals surface area contributed by atoms with Crippen molar-refractivity contribution in [3.8, 4) is 0 Å². The topological polar surface area (TPSA) is 0 Å². The molecule has 1 fully saturated rings. The molecule has 1 aliphatic carbocycles. The first-order valence-electron chi connectivity index (χ1n) is 6.21. The highest BCUT2D eigenvalue weighted by Gasteiger charge is 2.35. The molecule has 0 unspecified atom stereocenters. The Morgan fingerprint density at radius 3 is 2.24 bits per heavy atom. The molecule has 1 aliphatic rings. The number of halogens is 2. The third kappa shape index (κ3) is 3.15. The van der Waals surface area contributed by atoms with E-state index in [-0.39, 0.29) is 12.8 Å². The molecule has 1 saturated carbocycles. The fraction of sp³-hybridized carbons (Fsp3) is 0.467. The Labute approximate surface area is 101 Å². The van der Waals surface area contributed by atoms with Gasteiger partial charge in [-0.05, 0) is 36.8 Å². The summed E-state index contributed by atoms with van der Waals surface area (Å²) in [7, 11) is 0. The van der Waals surface area contributed by atoms with Crippen LogP contribution < -0.4 is 0 Å². The van der Waals surface area contributed by atoms with Gasteiger partial charge in [0.2, 0.25) is 5.92 Å². The molecule has 0 aliphatic heterocycles. The molecule has 0 bridgehead atoms. The molecule has 1 aromatic rings. The third-order valence-electron chi connectivity index (χ3n) is 3.48. The van der Waals surface area contributed by atoms with E-state index in [4.69, 9.17) is 0 Å². The summed E-state index contributed by atoms with van der Waals surface area (Å²) < 4.78 is 26.1. The van der Waals surface area contributed by atoms with Gasteiger partial charge in [0.1, 0.15) is 0 Å². The molecular formula is C15H18F2. The molecule has 17 heavy (non-hydrogen) atoms. The quantitative estimate of drug-likeness (QED) is 0.677. The summed E-state index contributed by atoms with van der Waals surface area (Å²) in [5.41, 5.74) is 2.37. The maximum atomic E-state index is 13.0. The zero-order valence-corrected chi connectivity index (χ0v) is 10.1. The molecule has 2 heteroatoms. The number of rotatable bonds is 2. The Balaban J connectivity index is 2.04. The fourth-order valence-corrected chi connectivity index (χ4v) is 2.45. The standard InChI is InChI=1S/C15H18F2/c1-2-3-12-4-6-13(7-5-12)14-8-10-15(16,17)11-9-14/h2-7,14H,8-11H2,1H3/b3-2-. The molecule has 1 aromatic carbocycles. The second-order valence-corrected chi connectivity index (χ2v) is 4.80. The van der Waals surface area contributed by atoms with E-state index < -0.39 is 5.92 Å². The van der Waals surface area contributed by atoms with Gasteiger partial charge in [-0.15, -0.1) is 0 Å². The van der Waals surface area contributed by atoms with Gasteiger partial charge in [0.25, 0.3) is 0 Å². The third-order valence-corrected chi connectivity index (χ3v) is 3.48. The van der Waals surface area contributed by atoms with Crippen LogP contribution in [-0.2, 0) is 0 Å². The van der Waals surface area contributed by atoms with Crippen molar-refractivity contribution in [2.24, 2.45) is 0 Å². The fourth-order valence-electron chi connectivity index (χ4n) is 2.45. The molecule has 0 amide bonds. The molecule has 0 heterocycles. The lowest BCUT2D eigenvalue weighted by Gasteiger charge is -2.28. The van der Waals surface area contributed by atoms with Crippen LogP contribution in [0.4, 0.5) is 8.78 Å². The smallest absolute Gasteiger partial charge is 0.207 e. The molecule has 0 N–H and O–H groups in total. The SMILES string of the molecule is C/C=C\c1ccc(C2CCC(F)(F)CC2)cc1. The predicted octanol–water partition coefficient (Wildman–Crippen LogP) is 5.01. The van der Waals surface area contributed by atoms with Gasteiger partial charge in [0.15, 0.2) is 0 Å². The van der Waals surface area contributed by atoms with Gasteiger partial charge in [0.05, 0.1) is 0 Å². The normalized spacial score (nSPS) is 20.9. The Kier molecular flexibility index (Phi) is 3.60. The van der Waals surface area contributed by atoms with Crippen molar-refractivity contribution < 1.29 is 8.78 Å². The van der Waals surface area contributed by atoms with Crippen LogP contribution >= 0.6 is 0 Å². The van der Waals surface area contributed by atoms with Gasteiger partial charge < -0.3 is 0 Å². The van der Waals surface area contributed by atoms with Crippen LogP contribution in [0.25, 0.3) is 6.08 Å². The van der Waals surface area contributed by atoms with Crippen molar-refractivity contribution in [3.05, 3.63) is 41.5 Å². The van der Waals surface area contributed by atoms with E-state index in [2.05, 4.69) is 24.3 Å². The average Bonchev–Trinajstić information content (AvgIpc) is 2.31. The lowest BCUT2D eigenvalue weighted by molar-refractivity contribution is -0.0382. The minimum atomic E-state index is -2.43.